The largest absolute Gasteiger partial charge is 0.435 e. The van der Waals surface area contributed by atoms with Crippen molar-refractivity contribution in [3.8, 4) is 5.75 Å². The fraction of sp³-hybridized carbons (Fsp3) is 0.538. The lowest BCUT2D eigenvalue weighted by atomic mass is 9.91. The molecule has 0 aromatic heterocycles. The van der Waals surface area contributed by atoms with E-state index in [0.29, 0.717) is 5.56 Å². The van der Waals surface area contributed by atoms with Gasteiger partial charge in [0.05, 0.1) is 12.1 Å². The Morgan fingerprint density at radius 1 is 1.39 bits per heavy atom. The van der Waals surface area contributed by atoms with Crippen LogP contribution in [0.1, 0.15) is 31.9 Å². The normalized spacial score (nSPS) is 16.4. The molecule has 5 heteroatoms. The molecule has 0 aliphatic carbocycles. The van der Waals surface area contributed by atoms with Crippen molar-refractivity contribution in [1.29, 1.82) is 0 Å². The van der Waals surface area contributed by atoms with Crippen molar-refractivity contribution in [2.75, 3.05) is 0 Å². The van der Waals surface area contributed by atoms with E-state index >= 15 is 0 Å². The SMILES string of the molecule is CCC(C)[C@H](O)[C@H](N)c1cccc(OC(F)F)c1. The summed E-state index contributed by atoms with van der Waals surface area (Å²) in [7, 11) is 0. The summed E-state index contributed by atoms with van der Waals surface area (Å²) in [5, 5.41) is 10.00. The zero-order valence-corrected chi connectivity index (χ0v) is 10.5. The molecule has 0 saturated carbocycles. The number of benzene rings is 1. The van der Waals surface area contributed by atoms with Crippen LogP contribution in [0.2, 0.25) is 0 Å². The predicted molar refractivity (Wildman–Crippen MR) is 65.5 cm³/mol. The van der Waals surface area contributed by atoms with Crippen molar-refractivity contribution in [2.24, 2.45) is 11.7 Å². The summed E-state index contributed by atoms with van der Waals surface area (Å²) >= 11 is 0. The van der Waals surface area contributed by atoms with Gasteiger partial charge in [0.15, 0.2) is 0 Å². The Bertz CT molecular complexity index is 374. The Balaban J connectivity index is 2.82. The van der Waals surface area contributed by atoms with Gasteiger partial charge in [0.1, 0.15) is 5.75 Å². The second-order valence-corrected chi connectivity index (χ2v) is 4.35. The predicted octanol–water partition coefficient (Wildman–Crippen LogP) is 2.69. The Morgan fingerprint density at radius 2 is 2.06 bits per heavy atom. The summed E-state index contributed by atoms with van der Waals surface area (Å²) in [6.45, 7) is 0.983. The summed E-state index contributed by atoms with van der Waals surface area (Å²) in [4.78, 5) is 0. The first-order valence-electron chi connectivity index (χ1n) is 5.94. The highest BCUT2D eigenvalue weighted by Gasteiger charge is 2.22. The molecule has 1 rings (SSSR count). The fourth-order valence-electron chi connectivity index (χ4n) is 1.69. The van der Waals surface area contributed by atoms with Crippen molar-refractivity contribution >= 4 is 0 Å². The number of aliphatic hydroxyl groups excluding tert-OH is 1. The number of ether oxygens (including phenoxy) is 1. The molecule has 18 heavy (non-hydrogen) atoms. The van der Waals surface area contributed by atoms with Gasteiger partial charge in [-0.05, 0) is 23.6 Å². The first-order valence-corrected chi connectivity index (χ1v) is 5.94. The summed E-state index contributed by atoms with van der Waals surface area (Å²) in [5.74, 6) is 0.0916. The summed E-state index contributed by atoms with van der Waals surface area (Å²) in [6, 6.07) is 5.52. The molecule has 0 amide bonds. The molecule has 3 N–H and O–H groups in total. The summed E-state index contributed by atoms with van der Waals surface area (Å²) in [6.07, 6.45) is 0.0824. The van der Waals surface area contributed by atoms with Gasteiger partial charge in [-0.2, -0.15) is 8.78 Å². The van der Waals surface area contributed by atoms with E-state index in [2.05, 4.69) is 4.74 Å². The maximum Gasteiger partial charge on any atom is 0.387 e. The lowest BCUT2D eigenvalue weighted by Crippen LogP contribution is -2.31. The maximum absolute atomic E-state index is 12.1. The Labute approximate surface area is 106 Å². The molecule has 0 saturated heterocycles. The summed E-state index contributed by atoms with van der Waals surface area (Å²) in [5.41, 5.74) is 6.51. The quantitative estimate of drug-likeness (QED) is 0.825. The van der Waals surface area contributed by atoms with Crippen molar-refractivity contribution < 1.29 is 18.6 Å². The van der Waals surface area contributed by atoms with Gasteiger partial charge in [0.2, 0.25) is 0 Å². The monoisotopic (exact) mass is 259 g/mol. The molecule has 1 unspecified atom stereocenters. The molecule has 0 heterocycles. The molecule has 1 aromatic rings. The number of alkyl halides is 2. The van der Waals surface area contributed by atoms with Crippen LogP contribution in [-0.2, 0) is 0 Å². The number of halogens is 2. The van der Waals surface area contributed by atoms with Crippen LogP contribution in [0.5, 0.6) is 5.75 Å². The third-order valence-corrected chi connectivity index (χ3v) is 3.06. The topological polar surface area (TPSA) is 55.5 Å². The van der Waals surface area contributed by atoms with Gasteiger partial charge in [-0.1, -0.05) is 32.4 Å². The van der Waals surface area contributed by atoms with E-state index in [1.807, 2.05) is 13.8 Å². The molecule has 0 bridgehead atoms. The highest BCUT2D eigenvalue weighted by atomic mass is 19.3. The Hall–Kier alpha value is -1.20. The van der Waals surface area contributed by atoms with E-state index < -0.39 is 18.8 Å². The van der Waals surface area contributed by atoms with Crippen LogP contribution in [0.4, 0.5) is 8.78 Å². The zero-order chi connectivity index (χ0) is 13.7. The highest BCUT2D eigenvalue weighted by Crippen LogP contribution is 2.25. The lowest BCUT2D eigenvalue weighted by Gasteiger charge is -2.24. The molecule has 0 spiro atoms. The van der Waals surface area contributed by atoms with Gasteiger partial charge in [-0.25, -0.2) is 0 Å². The minimum absolute atomic E-state index is 0.0414. The first kappa shape index (κ1) is 14.9. The fourth-order valence-corrected chi connectivity index (χ4v) is 1.69. The third-order valence-electron chi connectivity index (χ3n) is 3.06. The molecule has 3 nitrogen and oxygen atoms in total. The van der Waals surface area contributed by atoms with E-state index in [1.165, 1.54) is 12.1 Å². The molecule has 3 atom stereocenters. The van der Waals surface area contributed by atoms with Gasteiger partial charge < -0.3 is 15.6 Å². The van der Waals surface area contributed by atoms with Gasteiger partial charge in [0, 0.05) is 0 Å². The minimum atomic E-state index is -2.86. The van der Waals surface area contributed by atoms with Crippen molar-refractivity contribution in [2.45, 2.75) is 39.0 Å². The molecule has 0 aliphatic heterocycles. The molecule has 102 valence electrons. The molecular weight excluding hydrogens is 240 g/mol. The minimum Gasteiger partial charge on any atom is -0.435 e. The van der Waals surface area contributed by atoms with E-state index in [1.54, 1.807) is 12.1 Å². The zero-order valence-electron chi connectivity index (χ0n) is 10.5. The van der Waals surface area contributed by atoms with Gasteiger partial charge in [-0.15, -0.1) is 0 Å². The van der Waals surface area contributed by atoms with E-state index in [9.17, 15) is 13.9 Å². The standard InChI is InChI=1S/C13H19F2NO2/c1-3-8(2)12(17)11(16)9-5-4-6-10(7-9)18-13(14)15/h4-8,11-13,17H,3,16H2,1-2H3/t8?,11-,12+/m1/s1. The van der Waals surface area contributed by atoms with Gasteiger partial charge >= 0.3 is 6.61 Å². The van der Waals surface area contributed by atoms with Crippen LogP contribution in [-0.4, -0.2) is 17.8 Å². The van der Waals surface area contributed by atoms with E-state index in [-0.39, 0.29) is 11.7 Å². The average molecular weight is 259 g/mol. The van der Waals surface area contributed by atoms with Crippen LogP contribution in [0.25, 0.3) is 0 Å². The number of nitrogens with two attached hydrogens (primary N) is 1. The number of aliphatic hydroxyl groups is 1. The van der Waals surface area contributed by atoms with Crippen LogP contribution < -0.4 is 10.5 Å². The summed E-state index contributed by atoms with van der Waals surface area (Å²) < 4.78 is 28.5. The van der Waals surface area contributed by atoms with E-state index in [4.69, 9.17) is 5.73 Å². The highest BCUT2D eigenvalue weighted by molar-refractivity contribution is 5.31. The van der Waals surface area contributed by atoms with Crippen molar-refractivity contribution in [1.82, 2.24) is 0 Å². The van der Waals surface area contributed by atoms with Crippen LogP contribution in [0.3, 0.4) is 0 Å². The van der Waals surface area contributed by atoms with Crippen LogP contribution >= 0.6 is 0 Å². The first-order chi connectivity index (χ1) is 8.45. The molecule has 0 radical (unpaired) electrons. The molecule has 0 fully saturated rings. The maximum atomic E-state index is 12.1. The number of rotatable bonds is 6. The van der Waals surface area contributed by atoms with Gasteiger partial charge in [0.25, 0.3) is 0 Å². The second kappa shape index (κ2) is 6.66. The van der Waals surface area contributed by atoms with Crippen LogP contribution in [0, 0.1) is 5.92 Å². The Kier molecular flexibility index (Phi) is 5.50. The molecule has 0 aliphatic rings. The van der Waals surface area contributed by atoms with E-state index in [0.717, 1.165) is 6.42 Å². The van der Waals surface area contributed by atoms with Crippen molar-refractivity contribution in [3.63, 3.8) is 0 Å². The Morgan fingerprint density at radius 3 is 2.61 bits per heavy atom. The van der Waals surface area contributed by atoms with Crippen LogP contribution in [0.15, 0.2) is 24.3 Å². The lowest BCUT2D eigenvalue weighted by molar-refractivity contribution is -0.0499. The smallest absolute Gasteiger partial charge is 0.387 e. The van der Waals surface area contributed by atoms with Gasteiger partial charge in [-0.3, -0.25) is 0 Å². The third kappa shape index (κ3) is 3.92. The molecule has 1 aromatic carbocycles. The number of hydrogen-bond acceptors (Lipinski definition) is 3. The number of hydrogen-bond donors (Lipinski definition) is 2. The second-order valence-electron chi connectivity index (χ2n) is 4.35. The molecular formula is C13H19F2NO2. The van der Waals surface area contributed by atoms with Crippen molar-refractivity contribution in [3.05, 3.63) is 29.8 Å². The average Bonchev–Trinajstić information content (AvgIpc) is 2.35.